The van der Waals surface area contributed by atoms with E-state index in [4.69, 9.17) is 10.5 Å². The summed E-state index contributed by atoms with van der Waals surface area (Å²) in [5.74, 6) is 0.204. The third-order valence-corrected chi connectivity index (χ3v) is 4.13. The summed E-state index contributed by atoms with van der Waals surface area (Å²) in [7, 11) is 0. The highest BCUT2D eigenvalue weighted by atomic mass is 16.5. The molecule has 0 radical (unpaired) electrons. The molecule has 1 heterocycles. The molecule has 1 saturated carbocycles. The third kappa shape index (κ3) is 3.45. The molecule has 2 fully saturated rings. The van der Waals surface area contributed by atoms with Crippen molar-refractivity contribution in [1.29, 1.82) is 0 Å². The van der Waals surface area contributed by atoms with E-state index in [-0.39, 0.29) is 17.0 Å². The molecule has 4 heteroatoms. The van der Waals surface area contributed by atoms with Crippen LogP contribution in [0.25, 0.3) is 0 Å². The van der Waals surface area contributed by atoms with Gasteiger partial charge in [-0.1, -0.05) is 19.3 Å². The summed E-state index contributed by atoms with van der Waals surface area (Å²) in [4.78, 5) is 14.3. The number of hydrogen-bond donors (Lipinski definition) is 1. The van der Waals surface area contributed by atoms with Gasteiger partial charge in [0.15, 0.2) is 0 Å². The Labute approximate surface area is 110 Å². The molecule has 0 aromatic rings. The lowest BCUT2D eigenvalue weighted by atomic mass is 9.80. The normalized spacial score (nSPS) is 26.9. The van der Waals surface area contributed by atoms with E-state index in [1.165, 1.54) is 19.3 Å². The molecule has 1 aliphatic carbocycles. The Balaban J connectivity index is 1.91. The summed E-state index contributed by atoms with van der Waals surface area (Å²) in [5, 5.41) is 0. The van der Waals surface area contributed by atoms with Gasteiger partial charge in [-0.25, -0.2) is 0 Å². The Kier molecular flexibility index (Phi) is 3.97. The Morgan fingerprint density at radius 2 is 1.94 bits per heavy atom. The fraction of sp³-hybridized carbons (Fsp3) is 0.929. The van der Waals surface area contributed by atoms with Gasteiger partial charge in [0.1, 0.15) is 0 Å². The number of carbonyl (C=O) groups excluding carboxylic acids is 1. The molecule has 1 aliphatic heterocycles. The standard InChI is InChI=1S/C14H26N2O2/c1-13(2)11-16(8-9-18-13)12(17)10-14(15)6-4-3-5-7-14/h3-11,15H2,1-2H3. The van der Waals surface area contributed by atoms with Gasteiger partial charge in [0.2, 0.25) is 5.91 Å². The van der Waals surface area contributed by atoms with Crippen molar-refractivity contribution in [3.05, 3.63) is 0 Å². The fourth-order valence-electron chi connectivity index (χ4n) is 3.08. The Morgan fingerprint density at radius 1 is 1.28 bits per heavy atom. The monoisotopic (exact) mass is 254 g/mol. The van der Waals surface area contributed by atoms with E-state index in [1.807, 2.05) is 18.7 Å². The van der Waals surface area contributed by atoms with E-state index in [0.29, 0.717) is 26.1 Å². The first-order valence-corrected chi connectivity index (χ1v) is 7.11. The largest absolute Gasteiger partial charge is 0.372 e. The number of amides is 1. The summed E-state index contributed by atoms with van der Waals surface area (Å²) in [6, 6.07) is 0. The molecule has 2 N–H and O–H groups in total. The maximum Gasteiger partial charge on any atom is 0.224 e. The maximum absolute atomic E-state index is 12.3. The molecule has 4 nitrogen and oxygen atoms in total. The van der Waals surface area contributed by atoms with Crippen molar-refractivity contribution in [1.82, 2.24) is 4.90 Å². The second-order valence-electron chi connectivity index (χ2n) is 6.52. The lowest BCUT2D eigenvalue weighted by Crippen LogP contribution is -2.53. The van der Waals surface area contributed by atoms with Gasteiger partial charge in [0.05, 0.1) is 12.2 Å². The number of carbonyl (C=O) groups is 1. The Morgan fingerprint density at radius 3 is 2.56 bits per heavy atom. The molecule has 0 unspecified atom stereocenters. The van der Waals surface area contributed by atoms with E-state index in [0.717, 1.165) is 12.8 Å². The van der Waals surface area contributed by atoms with Gasteiger partial charge in [-0.15, -0.1) is 0 Å². The van der Waals surface area contributed by atoms with Crippen LogP contribution in [0.1, 0.15) is 52.4 Å². The van der Waals surface area contributed by atoms with Crippen LogP contribution in [0.5, 0.6) is 0 Å². The molecule has 0 bridgehead atoms. The van der Waals surface area contributed by atoms with Crippen LogP contribution < -0.4 is 5.73 Å². The number of nitrogens with two attached hydrogens (primary N) is 1. The number of nitrogens with zero attached hydrogens (tertiary/aromatic N) is 1. The fourth-order valence-corrected chi connectivity index (χ4v) is 3.08. The van der Waals surface area contributed by atoms with E-state index in [1.54, 1.807) is 0 Å². The Bertz CT molecular complexity index is 309. The summed E-state index contributed by atoms with van der Waals surface area (Å²) in [5.41, 5.74) is 5.88. The minimum atomic E-state index is -0.252. The van der Waals surface area contributed by atoms with Crippen molar-refractivity contribution in [3.63, 3.8) is 0 Å². The van der Waals surface area contributed by atoms with Crippen LogP contribution in [0.2, 0.25) is 0 Å². The summed E-state index contributed by atoms with van der Waals surface area (Å²) in [6.45, 7) is 6.09. The van der Waals surface area contributed by atoms with Crippen LogP contribution in [0.15, 0.2) is 0 Å². The SMILES string of the molecule is CC1(C)CN(C(=O)CC2(N)CCCCC2)CCO1. The molecule has 0 aromatic heterocycles. The first kappa shape index (κ1) is 13.8. The van der Waals surface area contributed by atoms with Gasteiger partial charge >= 0.3 is 0 Å². The van der Waals surface area contributed by atoms with E-state index in [9.17, 15) is 4.79 Å². The minimum Gasteiger partial charge on any atom is -0.372 e. The Hall–Kier alpha value is -0.610. The van der Waals surface area contributed by atoms with Gasteiger partial charge in [-0.05, 0) is 26.7 Å². The highest BCUT2D eigenvalue weighted by Gasteiger charge is 2.35. The zero-order valence-corrected chi connectivity index (χ0v) is 11.7. The van der Waals surface area contributed by atoms with Crippen LogP contribution in [0.4, 0.5) is 0 Å². The predicted octanol–water partition coefficient (Wildman–Crippen LogP) is 1.68. The molecule has 2 aliphatic rings. The van der Waals surface area contributed by atoms with E-state index < -0.39 is 0 Å². The van der Waals surface area contributed by atoms with Crippen LogP contribution >= 0.6 is 0 Å². The average Bonchev–Trinajstić information content (AvgIpc) is 2.28. The summed E-state index contributed by atoms with van der Waals surface area (Å²) >= 11 is 0. The highest BCUT2D eigenvalue weighted by Crippen LogP contribution is 2.29. The van der Waals surface area contributed by atoms with Crippen LogP contribution in [0.3, 0.4) is 0 Å². The third-order valence-electron chi connectivity index (χ3n) is 4.13. The molecule has 0 spiro atoms. The second kappa shape index (κ2) is 5.17. The highest BCUT2D eigenvalue weighted by molar-refractivity contribution is 5.77. The van der Waals surface area contributed by atoms with Crippen molar-refractivity contribution in [2.75, 3.05) is 19.7 Å². The number of morpholine rings is 1. The van der Waals surface area contributed by atoms with Gasteiger partial charge in [0.25, 0.3) is 0 Å². The van der Waals surface area contributed by atoms with Crippen molar-refractivity contribution in [2.24, 2.45) is 5.73 Å². The summed E-state index contributed by atoms with van der Waals surface area (Å²) in [6.07, 6.45) is 6.08. The quantitative estimate of drug-likeness (QED) is 0.815. The number of hydrogen-bond acceptors (Lipinski definition) is 3. The first-order valence-electron chi connectivity index (χ1n) is 7.11. The molecule has 18 heavy (non-hydrogen) atoms. The minimum absolute atomic E-state index is 0.204. The maximum atomic E-state index is 12.3. The average molecular weight is 254 g/mol. The molecular formula is C14H26N2O2. The van der Waals surface area contributed by atoms with E-state index in [2.05, 4.69) is 0 Å². The molecule has 2 rings (SSSR count). The van der Waals surface area contributed by atoms with Gasteiger partial charge in [0, 0.05) is 25.0 Å². The lowest BCUT2D eigenvalue weighted by Gasteiger charge is -2.40. The van der Waals surface area contributed by atoms with Gasteiger partial charge < -0.3 is 15.4 Å². The molecule has 0 atom stereocenters. The molecule has 1 amide bonds. The molecular weight excluding hydrogens is 228 g/mol. The molecule has 0 aromatic carbocycles. The van der Waals surface area contributed by atoms with Gasteiger partial charge in [-0.2, -0.15) is 0 Å². The van der Waals surface area contributed by atoms with Crippen LogP contribution in [-0.2, 0) is 9.53 Å². The smallest absolute Gasteiger partial charge is 0.224 e. The van der Waals surface area contributed by atoms with Crippen molar-refractivity contribution < 1.29 is 9.53 Å². The van der Waals surface area contributed by atoms with Crippen molar-refractivity contribution in [3.8, 4) is 0 Å². The molecule has 1 saturated heterocycles. The van der Waals surface area contributed by atoms with E-state index >= 15 is 0 Å². The van der Waals surface area contributed by atoms with Crippen molar-refractivity contribution >= 4 is 5.91 Å². The number of ether oxygens (including phenoxy) is 1. The zero-order chi connectivity index (χ0) is 13.2. The van der Waals surface area contributed by atoms with Crippen LogP contribution in [-0.4, -0.2) is 41.6 Å². The second-order valence-corrected chi connectivity index (χ2v) is 6.52. The lowest BCUT2D eigenvalue weighted by molar-refractivity contribution is -0.147. The van der Waals surface area contributed by atoms with Gasteiger partial charge in [-0.3, -0.25) is 4.79 Å². The first-order chi connectivity index (χ1) is 8.40. The predicted molar refractivity (Wildman–Crippen MR) is 71.2 cm³/mol. The molecule has 104 valence electrons. The topological polar surface area (TPSA) is 55.6 Å². The zero-order valence-electron chi connectivity index (χ0n) is 11.7. The number of rotatable bonds is 2. The summed E-state index contributed by atoms with van der Waals surface area (Å²) < 4.78 is 5.64. The van der Waals surface area contributed by atoms with Crippen molar-refractivity contribution in [2.45, 2.75) is 63.5 Å². The van der Waals surface area contributed by atoms with Crippen LogP contribution in [0, 0.1) is 0 Å².